The number of aryl methyl sites for hydroxylation is 1. The molecule has 0 heterocycles. The first-order valence-corrected chi connectivity index (χ1v) is 6.22. The molecule has 1 saturated carbocycles. The molecule has 1 aromatic rings. The van der Waals surface area contributed by atoms with E-state index in [0.717, 1.165) is 36.4 Å². The van der Waals surface area contributed by atoms with Gasteiger partial charge in [0.15, 0.2) is 0 Å². The van der Waals surface area contributed by atoms with E-state index in [2.05, 4.69) is 10.6 Å². The van der Waals surface area contributed by atoms with E-state index in [1.54, 1.807) is 7.11 Å². The summed E-state index contributed by atoms with van der Waals surface area (Å²) in [6.07, 6.45) is 1.93. The molecule has 1 amide bonds. The minimum atomic E-state index is -0.192. The first kappa shape index (κ1) is 12.9. The average molecular weight is 248 g/mol. The topological polar surface area (TPSA) is 50.4 Å². The van der Waals surface area contributed by atoms with E-state index in [-0.39, 0.29) is 11.3 Å². The van der Waals surface area contributed by atoms with Crippen molar-refractivity contribution in [2.45, 2.75) is 19.8 Å². The molecule has 4 nitrogen and oxygen atoms in total. The maximum absolute atomic E-state index is 12.2. The molecule has 1 fully saturated rings. The van der Waals surface area contributed by atoms with Crippen molar-refractivity contribution in [3.8, 4) is 5.75 Å². The first-order chi connectivity index (χ1) is 8.61. The summed E-state index contributed by atoms with van der Waals surface area (Å²) in [5.41, 5.74) is 1.66. The fourth-order valence-electron chi connectivity index (χ4n) is 2.19. The maximum Gasteiger partial charge on any atom is 0.231 e. The van der Waals surface area contributed by atoms with Crippen LogP contribution in [0.2, 0.25) is 0 Å². The number of hydrogen-bond acceptors (Lipinski definition) is 3. The van der Waals surface area contributed by atoms with Crippen LogP contribution in [0.25, 0.3) is 0 Å². The second-order valence-corrected chi connectivity index (χ2v) is 4.95. The molecular formula is C14H20N2O2. The molecule has 4 heteroatoms. The molecule has 0 unspecified atom stereocenters. The van der Waals surface area contributed by atoms with Gasteiger partial charge < -0.3 is 15.4 Å². The Bertz CT molecular complexity index is 453. The summed E-state index contributed by atoms with van der Waals surface area (Å²) in [6, 6.07) is 5.69. The van der Waals surface area contributed by atoms with Crippen molar-refractivity contribution in [1.82, 2.24) is 5.32 Å². The second-order valence-electron chi connectivity index (χ2n) is 4.95. The van der Waals surface area contributed by atoms with Crippen LogP contribution in [0.4, 0.5) is 5.69 Å². The lowest BCUT2D eigenvalue weighted by atomic mass is 10.1. The van der Waals surface area contributed by atoms with Crippen LogP contribution in [-0.2, 0) is 4.79 Å². The van der Waals surface area contributed by atoms with E-state index in [0.29, 0.717) is 0 Å². The molecule has 0 saturated heterocycles. The van der Waals surface area contributed by atoms with Gasteiger partial charge in [-0.1, -0.05) is 0 Å². The van der Waals surface area contributed by atoms with Crippen molar-refractivity contribution in [1.29, 1.82) is 0 Å². The van der Waals surface area contributed by atoms with Crippen LogP contribution in [-0.4, -0.2) is 26.6 Å². The van der Waals surface area contributed by atoms with Gasteiger partial charge in [0.2, 0.25) is 5.91 Å². The van der Waals surface area contributed by atoms with Crippen molar-refractivity contribution in [2.24, 2.45) is 5.41 Å². The van der Waals surface area contributed by atoms with Crippen LogP contribution < -0.4 is 15.4 Å². The van der Waals surface area contributed by atoms with E-state index in [9.17, 15) is 4.79 Å². The summed E-state index contributed by atoms with van der Waals surface area (Å²) < 4.78 is 5.20. The van der Waals surface area contributed by atoms with Crippen molar-refractivity contribution in [3.63, 3.8) is 0 Å². The number of benzene rings is 1. The number of methoxy groups -OCH3 is 1. The van der Waals surface area contributed by atoms with Crippen LogP contribution in [0.3, 0.4) is 0 Å². The van der Waals surface area contributed by atoms with E-state index in [1.165, 1.54) is 0 Å². The van der Waals surface area contributed by atoms with Gasteiger partial charge >= 0.3 is 0 Å². The van der Waals surface area contributed by atoms with Crippen LogP contribution >= 0.6 is 0 Å². The molecule has 1 aromatic carbocycles. The largest absolute Gasteiger partial charge is 0.496 e. The number of hydrogen-bond donors (Lipinski definition) is 2. The summed E-state index contributed by atoms with van der Waals surface area (Å²) in [4.78, 5) is 12.2. The molecular weight excluding hydrogens is 228 g/mol. The fraction of sp³-hybridized carbons (Fsp3) is 0.500. The second kappa shape index (κ2) is 4.98. The third-order valence-corrected chi connectivity index (χ3v) is 3.50. The van der Waals surface area contributed by atoms with Gasteiger partial charge in [-0.2, -0.15) is 0 Å². The SMILES string of the molecule is CNCC1(C(=O)Nc2ccc(OC)c(C)c2)CC1. The highest BCUT2D eigenvalue weighted by Crippen LogP contribution is 2.45. The highest BCUT2D eigenvalue weighted by Gasteiger charge is 2.49. The first-order valence-electron chi connectivity index (χ1n) is 6.22. The summed E-state index contributed by atoms with van der Waals surface area (Å²) >= 11 is 0. The Balaban J connectivity index is 2.06. The summed E-state index contributed by atoms with van der Waals surface area (Å²) in [7, 11) is 3.53. The van der Waals surface area contributed by atoms with Crippen molar-refractivity contribution in [2.75, 3.05) is 26.0 Å². The Labute approximate surface area is 108 Å². The highest BCUT2D eigenvalue weighted by molar-refractivity contribution is 5.97. The zero-order valence-corrected chi connectivity index (χ0v) is 11.2. The quantitative estimate of drug-likeness (QED) is 0.837. The highest BCUT2D eigenvalue weighted by atomic mass is 16.5. The minimum absolute atomic E-state index is 0.112. The fourth-order valence-corrected chi connectivity index (χ4v) is 2.19. The van der Waals surface area contributed by atoms with E-state index >= 15 is 0 Å². The molecule has 0 aliphatic heterocycles. The molecule has 1 aliphatic rings. The number of amides is 1. The van der Waals surface area contributed by atoms with E-state index in [4.69, 9.17) is 4.74 Å². The summed E-state index contributed by atoms with van der Waals surface area (Å²) in [5, 5.41) is 6.07. The monoisotopic (exact) mass is 248 g/mol. The van der Waals surface area contributed by atoms with Gasteiger partial charge in [-0.05, 0) is 50.6 Å². The number of ether oxygens (including phenoxy) is 1. The predicted molar refractivity (Wildman–Crippen MR) is 72.0 cm³/mol. The molecule has 1 aliphatic carbocycles. The van der Waals surface area contributed by atoms with Crippen molar-refractivity contribution in [3.05, 3.63) is 23.8 Å². The predicted octanol–water partition coefficient (Wildman–Crippen LogP) is 1.94. The lowest BCUT2D eigenvalue weighted by Gasteiger charge is -2.15. The van der Waals surface area contributed by atoms with Crippen molar-refractivity contribution >= 4 is 11.6 Å². The molecule has 0 atom stereocenters. The normalized spacial score (nSPS) is 16.2. The third kappa shape index (κ3) is 2.48. The Hall–Kier alpha value is -1.55. The zero-order chi connectivity index (χ0) is 13.2. The van der Waals surface area contributed by atoms with Crippen LogP contribution in [0.15, 0.2) is 18.2 Å². The van der Waals surface area contributed by atoms with E-state index < -0.39 is 0 Å². The average Bonchev–Trinajstić information content (AvgIpc) is 3.11. The Kier molecular flexibility index (Phi) is 3.57. The maximum atomic E-state index is 12.2. The van der Waals surface area contributed by atoms with E-state index in [1.807, 2.05) is 32.2 Å². The molecule has 18 heavy (non-hydrogen) atoms. The van der Waals surface area contributed by atoms with Gasteiger partial charge in [0.05, 0.1) is 12.5 Å². The van der Waals surface area contributed by atoms with Crippen LogP contribution in [0, 0.1) is 12.3 Å². The standard InChI is InChI=1S/C14H20N2O2/c1-10-8-11(4-5-12(10)18-3)16-13(17)14(6-7-14)9-15-2/h4-5,8,15H,6-7,9H2,1-3H3,(H,16,17). The zero-order valence-electron chi connectivity index (χ0n) is 11.2. The van der Waals surface area contributed by atoms with Gasteiger partial charge in [0.25, 0.3) is 0 Å². The van der Waals surface area contributed by atoms with Gasteiger partial charge in [0, 0.05) is 12.2 Å². The molecule has 0 aromatic heterocycles. The Morgan fingerprint density at radius 3 is 2.67 bits per heavy atom. The third-order valence-electron chi connectivity index (χ3n) is 3.50. The smallest absolute Gasteiger partial charge is 0.231 e. The molecule has 0 spiro atoms. The molecule has 0 bridgehead atoms. The van der Waals surface area contributed by atoms with Gasteiger partial charge in [0.1, 0.15) is 5.75 Å². The minimum Gasteiger partial charge on any atom is -0.496 e. The summed E-state index contributed by atoms with van der Waals surface area (Å²) in [6.45, 7) is 2.71. The van der Waals surface area contributed by atoms with Crippen LogP contribution in [0.5, 0.6) is 5.75 Å². The van der Waals surface area contributed by atoms with Gasteiger partial charge in [-0.3, -0.25) is 4.79 Å². The number of anilines is 1. The lowest BCUT2D eigenvalue weighted by molar-refractivity contribution is -0.120. The Morgan fingerprint density at radius 2 is 2.17 bits per heavy atom. The molecule has 98 valence electrons. The Morgan fingerprint density at radius 1 is 1.44 bits per heavy atom. The lowest BCUT2D eigenvalue weighted by Crippen LogP contribution is -2.32. The number of carbonyl (C=O) groups excluding carboxylic acids is 1. The number of rotatable bonds is 5. The van der Waals surface area contributed by atoms with Crippen molar-refractivity contribution < 1.29 is 9.53 Å². The van der Waals surface area contributed by atoms with Gasteiger partial charge in [-0.25, -0.2) is 0 Å². The van der Waals surface area contributed by atoms with Crippen LogP contribution in [0.1, 0.15) is 18.4 Å². The molecule has 2 N–H and O–H groups in total. The number of carbonyl (C=O) groups is 1. The molecule has 2 rings (SSSR count). The molecule has 0 radical (unpaired) electrons. The summed E-state index contributed by atoms with van der Waals surface area (Å²) in [5.74, 6) is 0.950. The number of nitrogens with one attached hydrogen (secondary N) is 2. The van der Waals surface area contributed by atoms with Gasteiger partial charge in [-0.15, -0.1) is 0 Å².